The van der Waals surface area contributed by atoms with Gasteiger partial charge in [0.05, 0.1) is 6.67 Å². The quantitative estimate of drug-likeness (QED) is 0.719. The van der Waals surface area contributed by atoms with E-state index >= 15 is 0 Å². The van der Waals surface area contributed by atoms with E-state index in [1.165, 1.54) is 12.1 Å². The number of hydrogen-bond donors (Lipinski definition) is 1. The van der Waals surface area contributed by atoms with Gasteiger partial charge in [0.1, 0.15) is 5.82 Å². The maximum Gasteiger partial charge on any atom is 0.123 e. The fourth-order valence-corrected chi connectivity index (χ4v) is 1.25. The van der Waals surface area contributed by atoms with E-state index in [9.17, 15) is 8.78 Å². The number of rotatable bonds is 5. The van der Waals surface area contributed by atoms with Gasteiger partial charge in [-0.25, -0.2) is 4.39 Å². The Balaban J connectivity index is 2.43. The molecule has 0 spiro atoms. The molecule has 0 aliphatic heterocycles. The first-order valence-electron chi connectivity index (χ1n) is 4.79. The van der Waals surface area contributed by atoms with Crippen LogP contribution in [0.5, 0.6) is 0 Å². The van der Waals surface area contributed by atoms with Gasteiger partial charge in [0.25, 0.3) is 0 Å². The number of halogens is 2. The monoisotopic (exact) mass is 199 g/mol. The van der Waals surface area contributed by atoms with Crippen LogP contribution in [0.1, 0.15) is 24.9 Å². The molecule has 0 radical (unpaired) electrons. The van der Waals surface area contributed by atoms with Gasteiger partial charge >= 0.3 is 0 Å². The van der Waals surface area contributed by atoms with Crippen molar-refractivity contribution >= 4 is 0 Å². The average Bonchev–Trinajstić information content (AvgIpc) is 2.19. The lowest BCUT2D eigenvalue weighted by atomic mass is 10.1. The van der Waals surface area contributed by atoms with E-state index < -0.39 is 0 Å². The highest BCUT2D eigenvalue weighted by atomic mass is 19.1. The topological polar surface area (TPSA) is 12.0 Å². The fourth-order valence-electron chi connectivity index (χ4n) is 1.25. The van der Waals surface area contributed by atoms with Gasteiger partial charge in [0.15, 0.2) is 0 Å². The normalized spacial score (nSPS) is 12.8. The number of benzene rings is 1. The molecule has 0 aromatic heterocycles. The molecule has 0 aliphatic carbocycles. The lowest BCUT2D eigenvalue weighted by Crippen LogP contribution is -2.20. The summed E-state index contributed by atoms with van der Waals surface area (Å²) in [5.74, 6) is -0.232. The maximum atomic E-state index is 12.6. The Bertz CT molecular complexity index is 258. The van der Waals surface area contributed by atoms with Crippen LogP contribution in [0, 0.1) is 5.82 Å². The molecule has 0 bridgehead atoms. The molecule has 1 atom stereocenters. The van der Waals surface area contributed by atoms with Crippen LogP contribution in [0.4, 0.5) is 8.78 Å². The van der Waals surface area contributed by atoms with Crippen molar-refractivity contribution in [2.75, 3.05) is 13.2 Å². The second kappa shape index (κ2) is 5.70. The Morgan fingerprint density at radius 3 is 2.50 bits per heavy atom. The van der Waals surface area contributed by atoms with E-state index in [0.29, 0.717) is 13.0 Å². The van der Waals surface area contributed by atoms with E-state index in [1.54, 1.807) is 12.1 Å². The zero-order chi connectivity index (χ0) is 10.4. The molecular formula is C11H15F2N. The smallest absolute Gasteiger partial charge is 0.123 e. The standard InChI is InChI=1S/C11H15F2N/c1-9(14-8-2-7-12)10-3-5-11(13)6-4-10/h3-6,9,14H,2,7-8H2,1H3/t9-/m1/s1. The third kappa shape index (κ3) is 3.42. The van der Waals surface area contributed by atoms with Crippen molar-refractivity contribution in [3.8, 4) is 0 Å². The first-order chi connectivity index (χ1) is 6.74. The van der Waals surface area contributed by atoms with Crippen LogP contribution in [-0.4, -0.2) is 13.2 Å². The minimum Gasteiger partial charge on any atom is -0.310 e. The van der Waals surface area contributed by atoms with Gasteiger partial charge in [0.2, 0.25) is 0 Å². The summed E-state index contributed by atoms with van der Waals surface area (Å²) < 4.78 is 24.4. The van der Waals surface area contributed by atoms with E-state index in [4.69, 9.17) is 0 Å². The SMILES string of the molecule is C[C@@H](NCCCF)c1ccc(F)cc1. The molecule has 1 aromatic carbocycles. The average molecular weight is 199 g/mol. The third-order valence-electron chi connectivity index (χ3n) is 2.13. The van der Waals surface area contributed by atoms with Crippen molar-refractivity contribution in [1.29, 1.82) is 0 Å². The molecule has 14 heavy (non-hydrogen) atoms. The van der Waals surface area contributed by atoms with Gasteiger partial charge < -0.3 is 5.32 Å². The summed E-state index contributed by atoms with van der Waals surface area (Å²) >= 11 is 0. The van der Waals surface area contributed by atoms with Crippen LogP contribution in [-0.2, 0) is 0 Å². The van der Waals surface area contributed by atoms with Gasteiger partial charge in [-0.05, 0) is 37.6 Å². The van der Waals surface area contributed by atoms with Crippen LogP contribution in [0.3, 0.4) is 0 Å². The summed E-state index contributed by atoms with van der Waals surface area (Å²) in [6.07, 6.45) is 0.519. The van der Waals surface area contributed by atoms with E-state index in [1.807, 2.05) is 6.92 Å². The summed E-state index contributed by atoms with van der Waals surface area (Å²) in [7, 11) is 0. The van der Waals surface area contributed by atoms with Crippen LogP contribution in [0.15, 0.2) is 24.3 Å². The predicted molar refractivity (Wildman–Crippen MR) is 53.4 cm³/mol. The summed E-state index contributed by atoms with van der Waals surface area (Å²) in [5.41, 5.74) is 1.02. The maximum absolute atomic E-state index is 12.6. The second-order valence-electron chi connectivity index (χ2n) is 3.27. The molecule has 78 valence electrons. The van der Waals surface area contributed by atoms with Crippen molar-refractivity contribution in [2.45, 2.75) is 19.4 Å². The zero-order valence-corrected chi connectivity index (χ0v) is 8.26. The Labute approximate surface area is 83.1 Å². The highest BCUT2D eigenvalue weighted by Crippen LogP contribution is 2.12. The molecule has 3 heteroatoms. The second-order valence-corrected chi connectivity index (χ2v) is 3.27. The highest BCUT2D eigenvalue weighted by molar-refractivity contribution is 5.19. The molecule has 0 saturated heterocycles. The van der Waals surface area contributed by atoms with E-state index in [0.717, 1.165) is 5.56 Å². The van der Waals surface area contributed by atoms with Crippen molar-refractivity contribution in [1.82, 2.24) is 5.32 Å². The summed E-state index contributed by atoms with van der Waals surface area (Å²) in [6.45, 7) is 2.32. The highest BCUT2D eigenvalue weighted by Gasteiger charge is 2.03. The Morgan fingerprint density at radius 2 is 1.93 bits per heavy atom. The number of nitrogens with one attached hydrogen (secondary N) is 1. The van der Waals surface area contributed by atoms with Gasteiger partial charge in [0, 0.05) is 6.04 Å². The van der Waals surface area contributed by atoms with Gasteiger partial charge in [-0.3, -0.25) is 4.39 Å². The Hall–Kier alpha value is -0.960. The first-order valence-corrected chi connectivity index (χ1v) is 4.79. The molecule has 1 rings (SSSR count). The molecule has 1 nitrogen and oxygen atoms in total. The Kier molecular flexibility index (Phi) is 4.53. The van der Waals surface area contributed by atoms with Crippen molar-refractivity contribution in [3.63, 3.8) is 0 Å². The lowest BCUT2D eigenvalue weighted by molar-refractivity contribution is 0.446. The van der Waals surface area contributed by atoms with Gasteiger partial charge in [-0.1, -0.05) is 12.1 Å². The minimum absolute atomic E-state index is 0.141. The van der Waals surface area contributed by atoms with Crippen LogP contribution >= 0.6 is 0 Å². The molecule has 0 aliphatic rings. The molecule has 1 N–H and O–H groups in total. The number of alkyl halides is 1. The fraction of sp³-hybridized carbons (Fsp3) is 0.455. The lowest BCUT2D eigenvalue weighted by Gasteiger charge is -2.13. The van der Waals surface area contributed by atoms with Crippen molar-refractivity contribution in [3.05, 3.63) is 35.6 Å². The molecule has 0 fully saturated rings. The molecule has 1 aromatic rings. The summed E-state index contributed by atoms with van der Waals surface area (Å²) in [6, 6.07) is 6.48. The third-order valence-corrected chi connectivity index (χ3v) is 2.13. The van der Waals surface area contributed by atoms with Gasteiger partial charge in [-0.15, -0.1) is 0 Å². The Morgan fingerprint density at radius 1 is 1.29 bits per heavy atom. The largest absolute Gasteiger partial charge is 0.310 e. The predicted octanol–water partition coefficient (Wildman–Crippen LogP) is 2.84. The van der Waals surface area contributed by atoms with Gasteiger partial charge in [-0.2, -0.15) is 0 Å². The molecule has 0 saturated carbocycles. The van der Waals surface area contributed by atoms with E-state index in [-0.39, 0.29) is 18.5 Å². The van der Waals surface area contributed by atoms with Crippen LogP contribution < -0.4 is 5.32 Å². The zero-order valence-electron chi connectivity index (χ0n) is 8.26. The summed E-state index contributed by atoms with van der Waals surface area (Å²) in [5, 5.41) is 3.16. The van der Waals surface area contributed by atoms with Crippen molar-refractivity contribution in [2.24, 2.45) is 0 Å². The summed E-state index contributed by atoms with van der Waals surface area (Å²) in [4.78, 5) is 0. The van der Waals surface area contributed by atoms with E-state index in [2.05, 4.69) is 5.32 Å². The molecular weight excluding hydrogens is 184 g/mol. The van der Waals surface area contributed by atoms with Crippen LogP contribution in [0.2, 0.25) is 0 Å². The first kappa shape index (κ1) is 11.1. The van der Waals surface area contributed by atoms with Crippen molar-refractivity contribution < 1.29 is 8.78 Å². The molecule has 0 heterocycles. The van der Waals surface area contributed by atoms with Crippen LogP contribution in [0.25, 0.3) is 0 Å². The molecule has 0 amide bonds. The molecule has 0 unspecified atom stereocenters. The minimum atomic E-state index is -0.302. The number of hydrogen-bond acceptors (Lipinski definition) is 1.